The van der Waals surface area contributed by atoms with E-state index in [0.29, 0.717) is 0 Å². The van der Waals surface area contributed by atoms with Crippen molar-refractivity contribution in [3.8, 4) is 11.5 Å². The standard InChI is InChI=1S/C20H16O6/c1-2-3-4-5-18(22)26-20(24)15-8-12-17(13-9-15)25-19(23)14-6-10-16(21)11-7-14/h2-13,21H,1H3. The lowest BCUT2D eigenvalue weighted by Crippen LogP contribution is -2.11. The Morgan fingerprint density at radius 2 is 1.42 bits per heavy atom. The normalized spacial score (nSPS) is 10.8. The molecule has 0 aliphatic heterocycles. The first-order chi connectivity index (χ1) is 12.5. The molecule has 0 saturated heterocycles. The average molecular weight is 352 g/mol. The SMILES string of the molecule is CC=CC=CC(=O)OC(=O)c1ccc(OC(=O)c2ccc(O)cc2)cc1. The fourth-order valence-corrected chi connectivity index (χ4v) is 1.85. The van der Waals surface area contributed by atoms with Crippen LogP contribution in [-0.4, -0.2) is 23.0 Å². The quantitative estimate of drug-likeness (QED) is 0.291. The Balaban J connectivity index is 1.97. The Bertz CT molecular complexity index is 845. The van der Waals surface area contributed by atoms with Crippen LogP contribution in [0.4, 0.5) is 0 Å². The highest BCUT2D eigenvalue weighted by Crippen LogP contribution is 2.16. The zero-order valence-corrected chi connectivity index (χ0v) is 13.9. The Morgan fingerprint density at radius 3 is 2.04 bits per heavy atom. The maximum Gasteiger partial charge on any atom is 0.346 e. The lowest BCUT2D eigenvalue weighted by molar-refractivity contribution is -0.132. The van der Waals surface area contributed by atoms with Gasteiger partial charge in [0.05, 0.1) is 11.1 Å². The molecule has 1 N–H and O–H groups in total. The molecule has 0 unspecified atom stereocenters. The van der Waals surface area contributed by atoms with Crippen molar-refractivity contribution >= 4 is 17.9 Å². The molecule has 0 heterocycles. The fourth-order valence-electron chi connectivity index (χ4n) is 1.85. The highest BCUT2D eigenvalue weighted by molar-refractivity contribution is 6.00. The molecule has 6 heteroatoms. The molecule has 0 radical (unpaired) electrons. The summed E-state index contributed by atoms with van der Waals surface area (Å²) >= 11 is 0. The Kier molecular flexibility index (Phi) is 6.45. The van der Waals surface area contributed by atoms with Gasteiger partial charge in [0, 0.05) is 6.08 Å². The molecule has 0 bridgehead atoms. The van der Waals surface area contributed by atoms with Crippen LogP contribution in [0.2, 0.25) is 0 Å². The summed E-state index contributed by atoms with van der Waals surface area (Å²) in [6, 6.07) is 11.2. The number of ether oxygens (including phenoxy) is 2. The van der Waals surface area contributed by atoms with Gasteiger partial charge in [-0.25, -0.2) is 14.4 Å². The molecule has 0 saturated carbocycles. The second-order valence-electron chi connectivity index (χ2n) is 5.05. The minimum absolute atomic E-state index is 0.0412. The maximum atomic E-state index is 12.0. The van der Waals surface area contributed by atoms with Gasteiger partial charge in [0.15, 0.2) is 0 Å². The number of rotatable bonds is 5. The molecule has 0 atom stereocenters. The zero-order chi connectivity index (χ0) is 18.9. The number of allylic oxidation sites excluding steroid dienone is 3. The predicted molar refractivity (Wildman–Crippen MR) is 93.9 cm³/mol. The number of carbonyl (C=O) groups excluding carboxylic acids is 3. The van der Waals surface area contributed by atoms with E-state index < -0.39 is 17.9 Å². The van der Waals surface area contributed by atoms with Gasteiger partial charge in [-0.1, -0.05) is 18.2 Å². The first-order valence-electron chi connectivity index (χ1n) is 7.66. The first kappa shape index (κ1) is 18.7. The number of aromatic hydroxyl groups is 1. The summed E-state index contributed by atoms with van der Waals surface area (Å²) in [6.45, 7) is 1.79. The van der Waals surface area contributed by atoms with Crippen LogP contribution in [0.15, 0.2) is 72.8 Å². The van der Waals surface area contributed by atoms with Gasteiger partial charge in [0.1, 0.15) is 11.5 Å². The van der Waals surface area contributed by atoms with Crippen LogP contribution in [0.5, 0.6) is 11.5 Å². The second-order valence-corrected chi connectivity index (χ2v) is 5.05. The Labute approximate surface area is 150 Å². The lowest BCUT2D eigenvalue weighted by atomic mass is 10.2. The summed E-state index contributed by atoms with van der Waals surface area (Å²) in [6.07, 6.45) is 5.94. The molecule has 0 spiro atoms. The van der Waals surface area contributed by atoms with Crippen molar-refractivity contribution in [2.45, 2.75) is 6.92 Å². The van der Waals surface area contributed by atoms with E-state index in [1.54, 1.807) is 19.1 Å². The van der Waals surface area contributed by atoms with Crippen LogP contribution in [-0.2, 0) is 9.53 Å². The Hall–Kier alpha value is -3.67. The number of carbonyl (C=O) groups is 3. The van der Waals surface area contributed by atoms with Crippen LogP contribution in [0.3, 0.4) is 0 Å². The van der Waals surface area contributed by atoms with Crippen molar-refractivity contribution in [3.63, 3.8) is 0 Å². The largest absolute Gasteiger partial charge is 0.508 e. The number of phenols is 1. The van der Waals surface area contributed by atoms with Gasteiger partial charge in [-0.05, 0) is 55.5 Å². The van der Waals surface area contributed by atoms with E-state index in [0.717, 1.165) is 6.08 Å². The lowest BCUT2D eigenvalue weighted by Gasteiger charge is -2.05. The van der Waals surface area contributed by atoms with E-state index in [-0.39, 0.29) is 22.6 Å². The molecule has 132 valence electrons. The number of hydrogen-bond donors (Lipinski definition) is 1. The van der Waals surface area contributed by atoms with Gasteiger partial charge >= 0.3 is 17.9 Å². The average Bonchev–Trinajstić information content (AvgIpc) is 2.63. The van der Waals surface area contributed by atoms with E-state index in [4.69, 9.17) is 4.74 Å². The van der Waals surface area contributed by atoms with E-state index in [9.17, 15) is 19.5 Å². The topological polar surface area (TPSA) is 89.9 Å². The number of benzene rings is 2. The molecule has 0 aliphatic rings. The maximum absolute atomic E-state index is 12.0. The van der Waals surface area contributed by atoms with Gasteiger partial charge in [-0.2, -0.15) is 0 Å². The van der Waals surface area contributed by atoms with Gasteiger partial charge < -0.3 is 14.6 Å². The zero-order valence-electron chi connectivity index (χ0n) is 13.9. The van der Waals surface area contributed by atoms with Crippen molar-refractivity contribution in [2.75, 3.05) is 0 Å². The monoisotopic (exact) mass is 352 g/mol. The third-order valence-corrected chi connectivity index (χ3v) is 3.13. The third kappa shape index (κ3) is 5.45. The van der Waals surface area contributed by atoms with Crippen molar-refractivity contribution in [3.05, 3.63) is 84.0 Å². The van der Waals surface area contributed by atoms with Crippen LogP contribution in [0, 0.1) is 0 Å². The number of hydrogen-bond acceptors (Lipinski definition) is 6. The molecule has 2 rings (SSSR count). The molecule has 26 heavy (non-hydrogen) atoms. The molecule has 0 aliphatic carbocycles. The molecular formula is C20H16O6. The van der Waals surface area contributed by atoms with Crippen molar-refractivity contribution in [1.82, 2.24) is 0 Å². The van der Waals surface area contributed by atoms with Crippen molar-refractivity contribution in [1.29, 1.82) is 0 Å². The molecule has 2 aromatic rings. The van der Waals surface area contributed by atoms with Crippen molar-refractivity contribution < 1.29 is 29.0 Å². The summed E-state index contributed by atoms with van der Waals surface area (Å²) in [4.78, 5) is 35.3. The summed E-state index contributed by atoms with van der Waals surface area (Å²) in [7, 11) is 0. The van der Waals surface area contributed by atoms with Crippen LogP contribution >= 0.6 is 0 Å². The first-order valence-corrected chi connectivity index (χ1v) is 7.66. The molecule has 2 aromatic carbocycles. The van der Waals surface area contributed by atoms with Crippen molar-refractivity contribution in [2.24, 2.45) is 0 Å². The van der Waals surface area contributed by atoms with E-state index in [1.165, 1.54) is 54.6 Å². The second kappa shape index (κ2) is 8.98. The minimum atomic E-state index is -0.809. The highest BCUT2D eigenvalue weighted by atomic mass is 16.6. The van der Waals surface area contributed by atoms with Gasteiger partial charge in [-0.3, -0.25) is 0 Å². The molecule has 0 aromatic heterocycles. The number of esters is 3. The van der Waals surface area contributed by atoms with Gasteiger partial charge in [-0.15, -0.1) is 0 Å². The predicted octanol–water partition coefficient (Wildman–Crippen LogP) is 3.43. The van der Waals surface area contributed by atoms with Gasteiger partial charge in [0.25, 0.3) is 0 Å². The Morgan fingerprint density at radius 1 is 0.846 bits per heavy atom. The summed E-state index contributed by atoms with van der Waals surface area (Å²) in [5, 5.41) is 9.21. The van der Waals surface area contributed by atoms with E-state index >= 15 is 0 Å². The molecule has 0 fully saturated rings. The molecule has 6 nitrogen and oxygen atoms in total. The van der Waals surface area contributed by atoms with Crippen LogP contribution in [0.1, 0.15) is 27.6 Å². The van der Waals surface area contributed by atoms with E-state index in [2.05, 4.69) is 4.74 Å². The van der Waals surface area contributed by atoms with Gasteiger partial charge in [0.2, 0.25) is 0 Å². The minimum Gasteiger partial charge on any atom is -0.508 e. The molecule has 0 amide bonds. The third-order valence-electron chi connectivity index (χ3n) is 3.13. The molecular weight excluding hydrogens is 336 g/mol. The van der Waals surface area contributed by atoms with E-state index in [1.807, 2.05) is 0 Å². The smallest absolute Gasteiger partial charge is 0.346 e. The summed E-state index contributed by atoms with van der Waals surface area (Å²) in [5.41, 5.74) is 0.409. The van der Waals surface area contributed by atoms with Crippen LogP contribution < -0.4 is 4.74 Å². The van der Waals surface area contributed by atoms with Crippen LogP contribution in [0.25, 0.3) is 0 Å². The highest BCUT2D eigenvalue weighted by Gasteiger charge is 2.12. The number of phenolic OH excluding ortho intramolecular Hbond substituents is 1. The summed E-state index contributed by atoms with van der Waals surface area (Å²) in [5.74, 6) is -1.93. The fraction of sp³-hybridized carbons (Fsp3) is 0.0500. The summed E-state index contributed by atoms with van der Waals surface area (Å²) < 4.78 is 9.82.